The van der Waals surface area contributed by atoms with Crippen LogP contribution in [0.15, 0.2) is 0 Å². The van der Waals surface area contributed by atoms with E-state index < -0.39 is 155 Å². The van der Waals surface area contributed by atoms with E-state index in [-0.39, 0.29) is 0 Å². The lowest BCUT2D eigenvalue weighted by molar-refractivity contribution is -0.537. The molecule has 3 nitrogen and oxygen atoms in total. The van der Waals surface area contributed by atoms with E-state index >= 15 is 61.5 Å². The van der Waals surface area contributed by atoms with E-state index in [1.165, 1.54) is 0 Å². The van der Waals surface area contributed by atoms with Gasteiger partial charge in [0.2, 0.25) is 0 Å². The Labute approximate surface area is 389 Å². The predicted molar refractivity (Wildman–Crippen MR) is 130 cm³/mol. The molecule has 2 heterocycles. The van der Waals surface area contributed by atoms with Gasteiger partial charge in [-0.05, 0) is 0 Å². The topological polar surface area (TPSA) is 34.3 Å². The molecule has 2 rings (SSSR count). The van der Waals surface area contributed by atoms with E-state index in [1.807, 2.05) is 0 Å². The van der Waals surface area contributed by atoms with Crippen LogP contribution in [-0.2, 0) is 14.2 Å². The summed E-state index contributed by atoms with van der Waals surface area (Å²) in [5.74, 6) is -194. The van der Waals surface area contributed by atoms with Crippen LogP contribution in [0.2, 0.25) is 0 Å². The highest BCUT2D eigenvalue weighted by atomic mass is 19.5. The van der Waals surface area contributed by atoms with E-state index in [4.69, 9.17) is 0 Å². The molecule has 2 aliphatic heterocycles. The number of hydrogen-bond donors (Lipinski definition) is 0. The van der Waals surface area contributed by atoms with Crippen molar-refractivity contribution >= 4 is 0 Å². The summed E-state index contributed by atoms with van der Waals surface area (Å²) in [6, 6.07) is 0. The molecule has 2 fully saturated rings. The average molecular weight is 1310 g/mol. The normalized spacial score (nSPS) is 24.5. The van der Waals surface area contributed by atoms with Crippen LogP contribution in [0.25, 0.3) is 0 Å². The molecule has 2 saturated heterocycles. The van der Waals surface area contributed by atoms with Crippen molar-refractivity contribution in [2.24, 2.45) is 0 Å². The third-order valence-electron chi connectivity index (χ3n) is 10.3. The van der Waals surface area contributed by atoms with Crippen molar-refractivity contribution in [1.82, 2.24) is 0 Å². The van der Waals surface area contributed by atoms with Gasteiger partial charge in [-0.2, -0.15) is 220 Å². The van der Waals surface area contributed by atoms with Crippen LogP contribution in [-0.4, -0.2) is 155 Å². The highest BCUT2D eigenvalue weighted by Gasteiger charge is 3.13. The molecule has 0 radical (unpaired) electrons. The molecule has 0 aliphatic carbocycles. The van der Waals surface area contributed by atoms with Crippen LogP contribution in [0.5, 0.6) is 0 Å². The maximum absolute atomic E-state index is 16.0. The molecule has 0 amide bonds. The summed E-state index contributed by atoms with van der Waals surface area (Å²) in [5, 5.41) is 0. The predicted octanol–water partition coefficient (Wildman–Crippen LogP) is 15.5. The maximum Gasteiger partial charge on any atom is 0.460 e. The fraction of sp³-hybridized carbons (Fsp3) is 1.00. The lowest BCUT2D eigenvalue weighted by Gasteiger charge is -2.56. The number of rotatable bonds is 20. The quantitative estimate of drug-likeness (QED) is 0.0900. The van der Waals surface area contributed by atoms with Gasteiger partial charge in [0.15, 0.2) is 0 Å². The second-order valence-electron chi connectivity index (χ2n) is 15.1. The van der Waals surface area contributed by atoms with Crippen LogP contribution >= 0.6 is 0 Å². The Bertz CT molecular complexity index is 2150. The first-order valence-corrected chi connectivity index (χ1v) is 16.7. The van der Waals surface area contributed by atoms with Crippen LogP contribution in [0.1, 0.15) is 0 Å². The standard InChI is InChI=1S/C26F50O3/c27-3(28,7(35,36)9(39,40)11(43,44)13(47,48)15(51,52)17(55,56)23(67,68)69)1(5(31,32)21(61,62)63,19(59)25(73,74)78-19)77-2(6(33,34)22(64,65)66,20(60)26(75,76)79-20)4(29,30)8(37,38)10(41,42)12(45,46)14(49,50)16(53,54)18(57,58)24(70,71)72. The molecule has 0 bridgehead atoms. The lowest BCUT2D eigenvalue weighted by atomic mass is 9.71. The van der Waals surface area contributed by atoms with Crippen molar-refractivity contribution in [3.05, 3.63) is 0 Å². The lowest BCUT2D eigenvalue weighted by Crippen LogP contribution is -2.89. The molecule has 0 aromatic rings. The van der Waals surface area contributed by atoms with Gasteiger partial charge >= 0.3 is 143 Å². The number of epoxide rings is 2. The van der Waals surface area contributed by atoms with Crippen LogP contribution in [0.3, 0.4) is 0 Å². The van der Waals surface area contributed by atoms with Gasteiger partial charge < -0.3 is 4.74 Å². The Morgan fingerprint density at radius 2 is 0.291 bits per heavy atom. The average Bonchev–Trinajstić information content (AvgIpc) is 3.93. The fourth-order valence-electron chi connectivity index (χ4n) is 5.84. The summed E-state index contributed by atoms with van der Waals surface area (Å²) >= 11 is 0. The van der Waals surface area contributed by atoms with Gasteiger partial charge in [0.1, 0.15) is 0 Å². The van der Waals surface area contributed by atoms with Gasteiger partial charge in [-0.1, -0.05) is 0 Å². The van der Waals surface area contributed by atoms with Gasteiger partial charge in [-0.25, -0.2) is 0 Å². The third-order valence-corrected chi connectivity index (χ3v) is 10.3. The molecule has 0 aromatic carbocycles. The van der Waals surface area contributed by atoms with Crippen molar-refractivity contribution in [2.75, 3.05) is 0 Å². The fourth-order valence-corrected chi connectivity index (χ4v) is 5.84. The van der Waals surface area contributed by atoms with Crippen molar-refractivity contribution in [3.63, 3.8) is 0 Å². The molecular formula is C26F50O3. The third kappa shape index (κ3) is 7.60. The second-order valence-corrected chi connectivity index (χ2v) is 15.1. The first-order chi connectivity index (χ1) is 33.1. The summed E-state index contributed by atoms with van der Waals surface area (Å²) in [5.41, 5.74) is -23.7. The highest BCUT2D eigenvalue weighted by molar-refractivity contribution is 5.35. The van der Waals surface area contributed by atoms with Crippen LogP contribution in [0.4, 0.5) is 220 Å². The van der Waals surface area contributed by atoms with E-state index in [1.54, 1.807) is 0 Å². The van der Waals surface area contributed by atoms with E-state index in [0.717, 1.165) is 9.47 Å². The summed E-state index contributed by atoms with van der Waals surface area (Å²) in [7, 11) is 0. The second kappa shape index (κ2) is 16.6. The van der Waals surface area contributed by atoms with Gasteiger partial charge in [0, 0.05) is 0 Å². The Morgan fingerprint density at radius 1 is 0.177 bits per heavy atom. The van der Waals surface area contributed by atoms with Crippen molar-refractivity contribution in [1.29, 1.82) is 0 Å². The molecule has 0 saturated carbocycles. The zero-order chi connectivity index (χ0) is 65.1. The summed E-state index contributed by atoms with van der Waals surface area (Å²) in [6.45, 7) is 0. The number of alkyl halides is 50. The SMILES string of the molecule is FC(F)(F)C(F)(F)C(F)(F)C(F)(F)C(F)(F)C(F)(F)C(F)(F)C(F)(F)C(OC(C(F)(F)C(F)(F)F)(C(F)(F)C(F)(F)C(F)(F)C(F)(F)C(F)(F)C(F)(F)C(F)(F)C(F)(F)F)C1(F)OC1(F)F)(C(F)(F)C(F)(F)F)C1(F)OC1(F)F. The maximum atomic E-state index is 16.0. The number of halogens is 50. The molecule has 0 aromatic heterocycles. The monoisotopic (exact) mass is 1310 g/mol. The zero-order valence-electron chi connectivity index (χ0n) is 33.1. The molecular weight excluding hydrogens is 1310 g/mol. The Hall–Kier alpha value is -3.62. The van der Waals surface area contributed by atoms with Crippen LogP contribution in [0, 0.1) is 0 Å². The Kier molecular flexibility index (Phi) is 15.0. The smallest absolute Gasteiger partial charge is 0.332 e. The minimum Gasteiger partial charge on any atom is -0.332 e. The van der Waals surface area contributed by atoms with Gasteiger partial charge in [0.25, 0.3) is 11.2 Å². The molecule has 2 aliphatic rings. The first kappa shape index (κ1) is 71.5. The highest BCUT2D eigenvalue weighted by Crippen LogP contribution is 2.80. The van der Waals surface area contributed by atoms with Crippen molar-refractivity contribution in [3.8, 4) is 0 Å². The number of hydrogen-bond acceptors (Lipinski definition) is 3. The van der Waals surface area contributed by atoms with Gasteiger partial charge in [0.05, 0.1) is 0 Å². The minimum absolute atomic E-state index is 0.430. The molecule has 0 spiro atoms. The Balaban J connectivity index is 3.81. The molecule has 53 heteroatoms. The van der Waals surface area contributed by atoms with Gasteiger partial charge in [-0.15, -0.1) is 0 Å². The molecule has 79 heavy (non-hydrogen) atoms. The molecule has 4 unspecified atom stereocenters. The van der Waals surface area contributed by atoms with E-state index in [0.29, 0.717) is 4.74 Å². The van der Waals surface area contributed by atoms with Crippen molar-refractivity contribution < 1.29 is 234 Å². The number of ether oxygens (including phenoxy) is 3. The molecule has 0 N–H and O–H groups in total. The van der Waals surface area contributed by atoms with Crippen molar-refractivity contribution in [2.45, 2.75) is 155 Å². The molecule has 472 valence electrons. The first-order valence-electron chi connectivity index (χ1n) is 16.7. The zero-order valence-corrected chi connectivity index (χ0v) is 33.1. The Morgan fingerprint density at radius 3 is 0.405 bits per heavy atom. The van der Waals surface area contributed by atoms with E-state index in [9.17, 15) is 158 Å². The molecule has 4 atom stereocenters. The minimum atomic E-state index is -11.9. The largest absolute Gasteiger partial charge is 0.460 e. The summed E-state index contributed by atoms with van der Waals surface area (Å²) < 4.78 is 717. The summed E-state index contributed by atoms with van der Waals surface area (Å²) in [6.07, 6.45) is -56.0. The van der Waals surface area contributed by atoms with Gasteiger partial charge in [-0.3, -0.25) is 9.47 Å². The summed E-state index contributed by atoms with van der Waals surface area (Å²) in [4.78, 5) is 0. The van der Waals surface area contributed by atoms with E-state index in [2.05, 4.69) is 0 Å². The van der Waals surface area contributed by atoms with Crippen LogP contribution < -0.4 is 0 Å².